The normalized spacial score (nSPS) is 15.5. The Kier molecular flexibility index (Phi) is 6.03. The number of esters is 1. The van der Waals surface area contributed by atoms with E-state index in [2.05, 4.69) is 10.6 Å². The number of carbonyl (C=O) groups excluding carboxylic acids is 3. The minimum atomic E-state index is -0.576. The van der Waals surface area contributed by atoms with E-state index >= 15 is 0 Å². The molecule has 27 heavy (non-hydrogen) atoms. The first-order valence-electron chi connectivity index (χ1n) is 8.31. The third-order valence-electron chi connectivity index (χ3n) is 3.83. The van der Waals surface area contributed by atoms with E-state index in [9.17, 15) is 14.4 Å². The van der Waals surface area contributed by atoms with E-state index in [1.54, 1.807) is 43.3 Å². The number of benzene rings is 2. The molecule has 0 unspecified atom stereocenters. The Hall–Kier alpha value is -2.51. The van der Waals surface area contributed by atoms with Crippen molar-refractivity contribution in [3.05, 3.63) is 53.1 Å². The molecular formula is C19H17ClN2O4S. The van der Waals surface area contributed by atoms with Gasteiger partial charge in [0.25, 0.3) is 0 Å². The Morgan fingerprint density at radius 1 is 1.26 bits per heavy atom. The molecule has 6 nitrogen and oxygen atoms in total. The lowest BCUT2D eigenvalue weighted by Gasteiger charge is -2.24. The lowest BCUT2D eigenvalue weighted by molar-refractivity contribution is -0.120. The number of carbonyl (C=O) groups is 3. The molecule has 0 saturated carbocycles. The summed E-state index contributed by atoms with van der Waals surface area (Å²) in [7, 11) is 0. The predicted octanol–water partition coefficient (Wildman–Crippen LogP) is 3.96. The molecule has 1 atom stereocenters. The zero-order chi connectivity index (χ0) is 19.4. The SMILES string of the molecule is CCOC(=O)c1ccccc1NC(=O)C[C@@H]1Sc2ccc(Cl)cc2NC1=O. The van der Waals surface area contributed by atoms with E-state index in [1.165, 1.54) is 11.8 Å². The second kappa shape index (κ2) is 8.45. The number of anilines is 2. The first kappa shape index (κ1) is 19.3. The van der Waals surface area contributed by atoms with Crippen LogP contribution in [0.3, 0.4) is 0 Å². The van der Waals surface area contributed by atoms with Crippen molar-refractivity contribution in [3.63, 3.8) is 0 Å². The summed E-state index contributed by atoms with van der Waals surface area (Å²) in [6.07, 6.45) is -0.0320. The number of amides is 2. The lowest BCUT2D eigenvalue weighted by atomic mass is 10.1. The number of hydrogen-bond donors (Lipinski definition) is 2. The van der Waals surface area contributed by atoms with Gasteiger partial charge < -0.3 is 15.4 Å². The van der Waals surface area contributed by atoms with Crippen molar-refractivity contribution in [2.24, 2.45) is 0 Å². The van der Waals surface area contributed by atoms with Crippen LogP contribution in [0.1, 0.15) is 23.7 Å². The van der Waals surface area contributed by atoms with Gasteiger partial charge in [0.1, 0.15) is 0 Å². The van der Waals surface area contributed by atoms with E-state index < -0.39 is 11.2 Å². The number of ether oxygens (including phenoxy) is 1. The summed E-state index contributed by atoms with van der Waals surface area (Å²) in [5, 5.41) is 5.42. The third-order valence-corrected chi connectivity index (χ3v) is 5.34. The first-order chi connectivity index (χ1) is 13.0. The Morgan fingerprint density at radius 2 is 2.04 bits per heavy atom. The van der Waals surface area contributed by atoms with Crippen molar-refractivity contribution in [2.75, 3.05) is 17.2 Å². The zero-order valence-electron chi connectivity index (χ0n) is 14.5. The van der Waals surface area contributed by atoms with Gasteiger partial charge in [0, 0.05) is 16.3 Å². The van der Waals surface area contributed by atoms with Gasteiger partial charge in [0.05, 0.1) is 28.8 Å². The van der Waals surface area contributed by atoms with Gasteiger partial charge in [-0.3, -0.25) is 9.59 Å². The Labute approximate surface area is 165 Å². The fourth-order valence-electron chi connectivity index (χ4n) is 2.61. The van der Waals surface area contributed by atoms with E-state index in [-0.39, 0.29) is 30.4 Å². The highest BCUT2D eigenvalue weighted by Gasteiger charge is 2.29. The van der Waals surface area contributed by atoms with E-state index in [0.29, 0.717) is 16.4 Å². The van der Waals surface area contributed by atoms with Crippen LogP contribution < -0.4 is 10.6 Å². The fraction of sp³-hybridized carbons (Fsp3) is 0.211. The minimum Gasteiger partial charge on any atom is -0.462 e. The molecule has 3 rings (SSSR count). The number of rotatable bonds is 5. The zero-order valence-corrected chi connectivity index (χ0v) is 16.0. The van der Waals surface area contributed by atoms with Gasteiger partial charge in [-0.05, 0) is 37.3 Å². The highest BCUT2D eigenvalue weighted by molar-refractivity contribution is 8.01. The molecule has 2 N–H and O–H groups in total. The molecule has 2 amide bonds. The molecule has 0 bridgehead atoms. The van der Waals surface area contributed by atoms with Crippen molar-refractivity contribution in [3.8, 4) is 0 Å². The highest BCUT2D eigenvalue weighted by atomic mass is 35.5. The van der Waals surface area contributed by atoms with Gasteiger partial charge in [0.15, 0.2) is 0 Å². The molecule has 0 aromatic heterocycles. The van der Waals surface area contributed by atoms with Crippen molar-refractivity contribution in [1.29, 1.82) is 0 Å². The predicted molar refractivity (Wildman–Crippen MR) is 105 cm³/mol. The second-order valence-electron chi connectivity index (χ2n) is 5.75. The number of halogens is 1. The van der Waals surface area contributed by atoms with Crippen LogP contribution in [-0.2, 0) is 14.3 Å². The van der Waals surface area contributed by atoms with Crippen LogP contribution in [0, 0.1) is 0 Å². The molecule has 1 aliphatic rings. The summed E-state index contributed by atoms with van der Waals surface area (Å²) in [5.74, 6) is -1.13. The largest absolute Gasteiger partial charge is 0.462 e. The van der Waals surface area contributed by atoms with Gasteiger partial charge >= 0.3 is 5.97 Å². The van der Waals surface area contributed by atoms with Crippen LogP contribution in [0.25, 0.3) is 0 Å². The maximum Gasteiger partial charge on any atom is 0.340 e. The van der Waals surface area contributed by atoms with Gasteiger partial charge in [-0.2, -0.15) is 0 Å². The summed E-state index contributed by atoms with van der Waals surface area (Å²) in [6.45, 7) is 1.95. The number of fused-ring (bicyclic) bond motifs is 1. The molecule has 2 aromatic carbocycles. The fourth-order valence-corrected chi connectivity index (χ4v) is 3.87. The maximum atomic E-state index is 12.4. The molecule has 0 aliphatic carbocycles. The number of thioether (sulfide) groups is 1. The van der Waals surface area contributed by atoms with Gasteiger partial charge in [-0.25, -0.2) is 4.79 Å². The molecule has 1 heterocycles. The highest BCUT2D eigenvalue weighted by Crippen LogP contribution is 2.38. The maximum absolute atomic E-state index is 12.4. The number of nitrogens with one attached hydrogen (secondary N) is 2. The van der Waals surface area contributed by atoms with Crippen LogP contribution in [0.5, 0.6) is 0 Å². The second-order valence-corrected chi connectivity index (χ2v) is 7.44. The molecule has 0 fully saturated rings. The standard InChI is InChI=1S/C19H17ClN2O4S/c1-2-26-19(25)12-5-3-4-6-13(12)21-17(23)10-16-18(24)22-14-9-11(20)7-8-15(14)27-16/h3-9,16H,2,10H2,1H3,(H,21,23)(H,22,24)/t16-/m0/s1. The Balaban J connectivity index is 1.69. The average molecular weight is 405 g/mol. The molecule has 0 saturated heterocycles. The van der Waals surface area contributed by atoms with Crippen LogP contribution >= 0.6 is 23.4 Å². The van der Waals surface area contributed by atoms with Crippen LogP contribution in [0.15, 0.2) is 47.4 Å². The molecule has 0 spiro atoms. The smallest absolute Gasteiger partial charge is 0.340 e. The summed E-state index contributed by atoms with van der Waals surface area (Å²) in [5.41, 5.74) is 1.27. The van der Waals surface area contributed by atoms with E-state index in [1.807, 2.05) is 6.07 Å². The molecule has 0 radical (unpaired) electrons. The van der Waals surface area contributed by atoms with Gasteiger partial charge in [0.2, 0.25) is 11.8 Å². The van der Waals surface area contributed by atoms with Crippen molar-refractivity contribution in [1.82, 2.24) is 0 Å². The quantitative estimate of drug-likeness (QED) is 0.737. The summed E-state index contributed by atoms with van der Waals surface area (Å²) >= 11 is 7.24. The van der Waals surface area contributed by atoms with Crippen LogP contribution in [-0.4, -0.2) is 29.6 Å². The Morgan fingerprint density at radius 3 is 2.81 bits per heavy atom. The summed E-state index contributed by atoms with van der Waals surface area (Å²) in [6, 6.07) is 11.8. The van der Waals surface area contributed by atoms with Crippen LogP contribution in [0.2, 0.25) is 5.02 Å². The number of para-hydroxylation sites is 1. The number of hydrogen-bond acceptors (Lipinski definition) is 5. The minimum absolute atomic E-state index is 0.0320. The van der Waals surface area contributed by atoms with Crippen molar-refractivity contribution < 1.29 is 19.1 Å². The first-order valence-corrected chi connectivity index (χ1v) is 9.56. The van der Waals surface area contributed by atoms with Gasteiger partial charge in [-0.15, -0.1) is 11.8 Å². The monoisotopic (exact) mass is 404 g/mol. The molecule has 1 aliphatic heterocycles. The molecule has 8 heteroatoms. The van der Waals surface area contributed by atoms with Crippen LogP contribution in [0.4, 0.5) is 11.4 Å². The molecule has 140 valence electrons. The lowest BCUT2D eigenvalue weighted by Crippen LogP contribution is -2.32. The van der Waals surface area contributed by atoms with E-state index in [0.717, 1.165) is 4.90 Å². The topological polar surface area (TPSA) is 84.5 Å². The Bertz CT molecular complexity index is 903. The molecule has 2 aromatic rings. The van der Waals surface area contributed by atoms with Gasteiger partial charge in [-0.1, -0.05) is 23.7 Å². The third kappa shape index (κ3) is 4.61. The average Bonchev–Trinajstić information content (AvgIpc) is 2.63. The molecular weight excluding hydrogens is 388 g/mol. The van der Waals surface area contributed by atoms with Crippen molar-refractivity contribution >= 4 is 52.5 Å². The summed E-state index contributed by atoms with van der Waals surface area (Å²) in [4.78, 5) is 37.6. The van der Waals surface area contributed by atoms with E-state index in [4.69, 9.17) is 16.3 Å². The summed E-state index contributed by atoms with van der Waals surface area (Å²) < 4.78 is 5.00. The van der Waals surface area contributed by atoms with Crippen molar-refractivity contribution in [2.45, 2.75) is 23.5 Å².